The zero-order valence-electron chi connectivity index (χ0n) is 11.4. The van der Waals surface area contributed by atoms with E-state index < -0.39 is 0 Å². The molecule has 0 saturated carbocycles. The van der Waals surface area contributed by atoms with E-state index in [1.807, 2.05) is 42.5 Å². The molecule has 3 rings (SSSR count). The Bertz CT molecular complexity index is 750. The molecule has 0 aliphatic carbocycles. The Hall–Kier alpha value is -2.55. The average molecular weight is 263 g/mol. The van der Waals surface area contributed by atoms with Crippen LogP contribution in [0.5, 0.6) is 0 Å². The number of hydrogen-bond acceptors (Lipinski definition) is 3. The van der Waals surface area contributed by atoms with E-state index in [1.165, 1.54) is 0 Å². The molecule has 0 spiro atoms. The largest absolute Gasteiger partial charge is 0.398 e. The van der Waals surface area contributed by atoms with Crippen molar-refractivity contribution >= 4 is 22.4 Å². The maximum absolute atomic E-state index is 5.95. The first-order valence-electron chi connectivity index (χ1n) is 6.68. The molecule has 0 aliphatic heterocycles. The molecule has 3 N–H and O–H groups in total. The zero-order chi connectivity index (χ0) is 13.9. The Balaban J connectivity index is 1.87. The number of nitrogen functional groups attached to an aromatic ring is 1. The third-order valence-corrected chi connectivity index (χ3v) is 3.42. The summed E-state index contributed by atoms with van der Waals surface area (Å²) in [6, 6.07) is 18.2. The summed E-state index contributed by atoms with van der Waals surface area (Å²) in [5.74, 6) is 0.909. The van der Waals surface area contributed by atoms with Gasteiger partial charge in [-0.05, 0) is 36.2 Å². The van der Waals surface area contributed by atoms with Gasteiger partial charge in [0.1, 0.15) is 5.82 Å². The van der Waals surface area contributed by atoms with Crippen LogP contribution in [0, 0.1) is 6.92 Å². The van der Waals surface area contributed by atoms with E-state index in [1.54, 1.807) is 0 Å². The summed E-state index contributed by atoms with van der Waals surface area (Å²) in [7, 11) is 0. The topological polar surface area (TPSA) is 50.9 Å². The number of aromatic nitrogens is 1. The van der Waals surface area contributed by atoms with E-state index in [2.05, 4.69) is 29.4 Å². The number of benzene rings is 2. The van der Waals surface area contributed by atoms with Gasteiger partial charge >= 0.3 is 0 Å². The fraction of sp³-hybridized carbons (Fsp3) is 0.118. The molecule has 20 heavy (non-hydrogen) atoms. The molecule has 3 aromatic rings. The highest BCUT2D eigenvalue weighted by Crippen LogP contribution is 2.20. The Kier molecular flexibility index (Phi) is 3.25. The number of nitrogens with two attached hydrogens (primary N) is 1. The van der Waals surface area contributed by atoms with Gasteiger partial charge in [0.25, 0.3) is 0 Å². The number of anilines is 2. The van der Waals surface area contributed by atoms with Crippen molar-refractivity contribution in [2.24, 2.45) is 0 Å². The summed E-state index contributed by atoms with van der Waals surface area (Å²) in [4.78, 5) is 4.67. The molecule has 0 amide bonds. The third kappa shape index (κ3) is 2.43. The molecule has 0 fully saturated rings. The molecule has 2 aromatic carbocycles. The molecule has 3 heteroatoms. The zero-order valence-corrected chi connectivity index (χ0v) is 11.4. The van der Waals surface area contributed by atoms with Crippen LogP contribution in [0.3, 0.4) is 0 Å². The first kappa shape index (κ1) is 12.5. The highest BCUT2D eigenvalue weighted by molar-refractivity contribution is 5.81. The lowest BCUT2D eigenvalue weighted by Gasteiger charge is -2.11. The third-order valence-electron chi connectivity index (χ3n) is 3.42. The van der Waals surface area contributed by atoms with Gasteiger partial charge in [-0.1, -0.05) is 36.4 Å². The number of nitrogens with one attached hydrogen (secondary N) is 1. The van der Waals surface area contributed by atoms with Gasteiger partial charge in [0.05, 0.1) is 5.52 Å². The molecule has 0 saturated heterocycles. The monoisotopic (exact) mass is 263 g/mol. The lowest BCUT2D eigenvalue weighted by molar-refractivity contribution is 1.11. The molecule has 100 valence electrons. The maximum atomic E-state index is 5.95. The summed E-state index contributed by atoms with van der Waals surface area (Å²) >= 11 is 0. The number of pyridine rings is 1. The first-order valence-corrected chi connectivity index (χ1v) is 6.68. The smallest absolute Gasteiger partial charge is 0.129 e. The minimum atomic E-state index is 0.679. The summed E-state index contributed by atoms with van der Waals surface area (Å²) < 4.78 is 0. The van der Waals surface area contributed by atoms with Gasteiger partial charge in [-0.25, -0.2) is 4.98 Å². The van der Waals surface area contributed by atoms with Crippen LogP contribution in [-0.4, -0.2) is 4.98 Å². The average Bonchev–Trinajstić information content (AvgIpc) is 2.46. The van der Waals surface area contributed by atoms with E-state index >= 15 is 0 Å². The van der Waals surface area contributed by atoms with Gasteiger partial charge in [0.2, 0.25) is 0 Å². The molecule has 1 heterocycles. The second-order valence-electron chi connectivity index (χ2n) is 4.90. The summed E-state index contributed by atoms with van der Waals surface area (Å²) in [6.07, 6.45) is 0. The van der Waals surface area contributed by atoms with Gasteiger partial charge < -0.3 is 11.1 Å². The highest BCUT2D eigenvalue weighted by atomic mass is 15.0. The van der Waals surface area contributed by atoms with E-state index in [0.717, 1.165) is 33.5 Å². The van der Waals surface area contributed by atoms with Crippen molar-refractivity contribution in [2.45, 2.75) is 13.5 Å². The minimum Gasteiger partial charge on any atom is -0.398 e. The number of hydrogen-bond donors (Lipinski definition) is 2. The molecule has 0 radical (unpaired) electrons. The molecule has 3 nitrogen and oxygen atoms in total. The standard InChI is InChI=1S/C17H17N3/c1-12-10-13-6-3-5-9-16(13)20-17(12)19-11-14-7-2-4-8-15(14)18/h2-10H,11,18H2,1H3,(H,19,20). The fourth-order valence-electron chi connectivity index (χ4n) is 2.27. The van der Waals surface area contributed by atoms with Crippen molar-refractivity contribution in [2.75, 3.05) is 11.1 Å². The minimum absolute atomic E-state index is 0.679. The Morgan fingerprint density at radius 1 is 1.05 bits per heavy atom. The molecule has 0 bridgehead atoms. The molecule has 0 atom stereocenters. The van der Waals surface area contributed by atoms with Crippen molar-refractivity contribution in [1.82, 2.24) is 4.98 Å². The Morgan fingerprint density at radius 3 is 2.65 bits per heavy atom. The van der Waals surface area contributed by atoms with Crippen LogP contribution in [0.1, 0.15) is 11.1 Å². The predicted octanol–water partition coefficient (Wildman–Crippen LogP) is 3.74. The quantitative estimate of drug-likeness (QED) is 0.708. The van der Waals surface area contributed by atoms with Crippen molar-refractivity contribution in [1.29, 1.82) is 0 Å². The van der Waals surface area contributed by atoms with Gasteiger partial charge in [0, 0.05) is 17.6 Å². The number of para-hydroxylation sites is 2. The van der Waals surface area contributed by atoms with Crippen LogP contribution in [0.2, 0.25) is 0 Å². The number of aryl methyl sites for hydroxylation is 1. The summed E-state index contributed by atoms with van der Waals surface area (Å²) in [5, 5.41) is 4.53. The van der Waals surface area contributed by atoms with Crippen LogP contribution < -0.4 is 11.1 Å². The molecular weight excluding hydrogens is 246 g/mol. The molecule has 1 aromatic heterocycles. The van der Waals surface area contributed by atoms with Crippen LogP contribution in [0.4, 0.5) is 11.5 Å². The highest BCUT2D eigenvalue weighted by Gasteiger charge is 2.04. The van der Waals surface area contributed by atoms with Crippen LogP contribution in [-0.2, 0) is 6.54 Å². The van der Waals surface area contributed by atoms with Gasteiger partial charge in [0.15, 0.2) is 0 Å². The van der Waals surface area contributed by atoms with Crippen LogP contribution >= 0.6 is 0 Å². The SMILES string of the molecule is Cc1cc2ccccc2nc1NCc1ccccc1N. The molecular formula is C17H17N3. The second-order valence-corrected chi connectivity index (χ2v) is 4.90. The predicted molar refractivity (Wildman–Crippen MR) is 84.7 cm³/mol. The Labute approximate surface area is 118 Å². The van der Waals surface area contributed by atoms with Crippen LogP contribution in [0.25, 0.3) is 10.9 Å². The number of rotatable bonds is 3. The second kappa shape index (κ2) is 5.21. The van der Waals surface area contributed by atoms with E-state index in [9.17, 15) is 0 Å². The summed E-state index contributed by atoms with van der Waals surface area (Å²) in [6.45, 7) is 2.75. The van der Waals surface area contributed by atoms with Crippen molar-refractivity contribution < 1.29 is 0 Å². The van der Waals surface area contributed by atoms with Crippen molar-refractivity contribution in [3.05, 3.63) is 65.7 Å². The van der Waals surface area contributed by atoms with Crippen LogP contribution in [0.15, 0.2) is 54.6 Å². The molecule has 0 aliphatic rings. The fourth-order valence-corrected chi connectivity index (χ4v) is 2.27. The Morgan fingerprint density at radius 2 is 1.80 bits per heavy atom. The lowest BCUT2D eigenvalue weighted by atomic mass is 10.1. The van der Waals surface area contributed by atoms with E-state index in [4.69, 9.17) is 5.73 Å². The van der Waals surface area contributed by atoms with E-state index in [-0.39, 0.29) is 0 Å². The van der Waals surface area contributed by atoms with Gasteiger partial charge in [-0.3, -0.25) is 0 Å². The normalized spacial score (nSPS) is 10.7. The summed E-state index contributed by atoms with van der Waals surface area (Å²) in [5.41, 5.74) is 9.98. The first-order chi connectivity index (χ1) is 9.74. The number of fused-ring (bicyclic) bond motifs is 1. The maximum Gasteiger partial charge on any atom is 0.129 e. The number of nitrogens with zero attached hydrogens (tertiary/aromatic N) is 1. The van der Waals surface area contributed by atoms with Crippen molar-refractivity contribution in [3.63, 3.8) is 0 Å². The van der Waals surface area contributed by atoms with Crippen molar-refractivity contribution in [3.8, 4) is 0 Å². The van der Waals surface area contributed by atoms with Gasteiger partial charge in [-0.2, -0.15) is 0 Å². The van der Waals surface area contributed by atoms with E-state index in [0.29, 0.717) is 6.54 Å². The lowest BCUT2D eigenvalue weighted by Crippen LogP contribution is -2.05. The van der Waals surface area contributed by atoms with Gasteiger partial charge in [-0.15, -0.1) is 0 Å². The molecule has 0 unspecified atom stereocenters.